The van der Waals surface area contributed by atoms with Gasteiger partial charge in [-0.25, -0.2) is 9.78 Å². The van der Waals surface area contributed by atoms with Gasteiger partial charge in [-0.15, -0.1) is 0 Å². The monoisotopic (exact) mass is 1060 g/mol. The Hall–Kier alpha value is -8.09. The molecular weight excluding hydrogens is 987 g/mol. The van der Waals surface area contributed by atoms with Crippen molar-refractivity contribution in [3.05, 3.63) is 83.9 Å². The van der Waals surface area contributed by atoms with E-state index in [0.29, 0.717) is 29.7 Å². The van der Waals surface area contributed by atoms with E-state index in [-0.39, 0.29) is 63.3 Å². The molecule has 25 heteroatoms. The summed E-state index contributed by atoms with van der Waals surface area (Å²) in [5.74, 6) is -9.31. The van der Waals surface area contributed by atoms with E-state index in [1.165, 1.54) is 48.7 Å². The van der Waals surface area contributed by atoms with Gasteiger partial charge in [0.2, 0.25) is 41.4 Å². The highest BCUT2D eigenvalue weighted by Gasteiger charge is 2.41. The number of benzene rings is 2. The maximum atomic E-state index is 14.6. The first-order valence-electron chi connectivity index (χ1n) is 25.2. The van der Waals surface area contributed by atoms with Crippen molar-refractivity contribution in [1.29, 1.82) is 0 Å². The number of guanidine groups is 1. The van der Waals surface area contributed by atoms with E-state index in [1.807, 2.05) is 0 Å². The molecule has 2 heterocycles. The van der Waals surface area contributed by atoms with E-state index >= 15 is 0 Å². The number of likely N-dealkylation sites (tertiary alicyclic amines) is 1. The van der Waals surface area contributed by atoms with Crippen LogP contribution in [0.1, 0.15) is 83.0 Å². The molecule has 1 aliphatic rings. The van der Waals surface area contributed by atoms with E-state index in [9.17, 15) is 58.5 Å². The number of amides is 7. The number of aromatic amines is 1. The fourth-order valence-electron chi connectivity index (χ4n) is 8.53. The number of aliphatic carboxylic acids is 2. The molecule has 15 N–H and O–H groups in total. The van der Waals surface area contributed by atoms with Crippen LogP contribution in [0.15, 0.2) is 72.1 Å². The SMILES string of the molecule is CC[C@H](C)[C@H](NC(=O)[C@H](Cc1ccc(O)cc1)NC(=O)[C@@H](NC(=O)[C@H](CCCN=C(N)N)NC(=O)[C@H](CC(=O)O)NC)C(C)C)C(=O)N[C@@H](Cc1cnc[nH]1)C(=O)N1CCC[C@H]1C(=O)N[C@@H](Cc1ccccc1)C(=O)O. The summed E-state index contributed by atoms with van der Waals surface area (Å²) < 4.78 is 0. The number of rotatable bonds is 30. The van der Waals surface area contributed by atoms with Crippen molar-refractivity contribution in [3.8, 4) is 5.75 Å². The van der Waals surface area contributed by atoms with Crippen LogP contribution in [0.5, 0.6) is 5.75 Å². The number of aromatic hydroxyl groups is 1. The van der Waals surface area contributed by atoms with Crippen LogP contribution in [-0.2, 0) is 62.4 Å². The zero-order chi connectivity index (χ0) is 56.1. The highest BCUT2D eigenvalue weighted by atomic mass is 16.4. The van der Waals surface area contributed by atoms with Crippen LogP contribution >= 0.6 is 0 Å². The number of H-pyrrole nitrogens is 1. The van der Waals surface area contributed by atoms with Crippen molar-refractivity contribution in [2.75, 3.05) is 20.1 Å². The highest BCUT2D eigenvalue weighted by molar-refractivity contribution is 5.98. The molecule has 25 nitrogen and oxygen atoms in total. The van der Waals surface area contributed by atoms with Crippen LogP contribution in [0.4, 0.5) is 0 Å². The number of aliphatic imine (C=N–C) groups is 1. The minimum Gasteiger partial charge on any atom is -0.508 e. The predicted octanol–water partition coefficient (Wildman–Crippen LogP) is -1.05. The summed E-state index contributed by atoms with van der Waals surface area (Å²) in [5, 5.41) is 48.1. The minimum atomic E-state index is -1.42. The maximum absolute atomic E-state index is 14.6. The number of hydrogen-bond donors (Lipinski definition) is 13. The number of carboxylic acid groups (broad SMARTS) is 2. The topological polar surface area (TPSA) is 395 Å². The molecular formula is C51H73N13O12. The summed E-state index contributed by atoms with van der Waals surface area (Å²) >= 11 is 0. The number of phenols is 1. The normalized spacial score (nSPS) is 16.3. The van der Waals surface area contributed by atoms with E-state index < -0.39 is 120 Å². The number of carbonyl (C=O) groups is 9. The highest BCUT2D eigenvalue weighted by Crippen LogP contribution is 2.21. The second kappa shape index (κ2) is 29.7. The molecule has 414 valence electrons. The minimum absolute atomic E-state index is 0.000303. The van der Waals surface area contributed by atoms with E-state index in [2.05, 4.69) is 52.2 Å². The van der Waals surface area contributed by atoms with Crippen molar-refractivity contribution in [2.45, 2.75) is 134 Å². The van der Waals surface area contributed by atoms with Gasteiger partial charge in [-0.1, -0.05) is 76.6 Å². The largest absolute Gasteiger partial charge is 0.508 e. The Morgan fingerprint density at radius 3 is 1.92 bits per heavy atom. The van der Waals surface area contributed by atoms with Gasteiger partial charge in [0.1, 0.15) is 48.0 Å². The molecule has 1 aliphatic heterocycles. The van der Waals surface area contributed by atoms with Gasteiger partial charge < -0.3 is 73.9 Å². The van der Waals surface area contributed by atoms with E-state index in [4.69, 9.17) is 11.5 Å². The number of nitrogens with two attached hydrogens (primary N) is 2. The summed E-state index contributed by atoms with van der Waals surface area (Å²) in [4.78, 5) is 135. The first-order chi connectivity index (χ1) is 36.1. The van der Waals surface area contributed by atoms with Gasteiger partial charge in [-0.3, -0.25) is 43.3 Å². The van der Waals surface area contributed by atoms with Crippen LogP contribution in [0.2, 0.25) is 0 Å². The molecule has 0 aliphatic carbocycles. The van der Waals surface area contributed by atoms with Crippen molar-refractivity contribution in [1.82, 2.24) is 52.1 Å². The number of nitrogens with one attached hydrogen (secondary N) is 8. The Morgan fingerprint density at radius 1 is 0.737 bits per heavy atom. The van der Waals surface area contributed by atoms with Crippen LogP contribution in [0, 0.1) is 11.8 Å². The molecule has 0 bridgehead atoms. The van der Waals surface area contributed by atoms with Gasteiger partial charge in [0.15, 0.2) is 5.96 Å². The maximum Gasteiger partial charge on any atom is 0.326 e. The summed E-state index contributed by atoms with van der Waals surface area (Å²) in [6.45, 7) is 6.97. The lowest BCUT2D eigenvalue weighted by Gasteiger charge is -2.32. The summed E-state index contributed by atoms with van der Waals surface area (Å²) in [6.07, 6.45) is 3.14. The molecule has 3 aromatic rings. The Morgan fingerprint density at radius 2 is 1.33 bits per heavy atom. The van der Waals surface area contributed by atoms with Crippen molar-refractivity contribution in [3.63, 3.8) is 0 Å². The van der Waals surface area contributed by atoms with Gasteiger partial charge in [0.05, 0.1) is 18.8 Å². The number of imidazole rings is 1. The number of hydrogen-bond acceptors (Lipinski definition) is 13. The molecule has 0 saturated carbocycles. The van der Waals surface area contributed by atoms with E-state index in [1.54, 1.807) is 58.0 Å². The number of likely N-dealkylation sites (N-methyl/N-ethyl adjacent to an activating group) is 1. The molecule has 0 unspecified atom stereocenters. The van der Waals surface area contributed by atoms with E-state index in [0.717, 1.165) is 0 Å². The molecule has 1 saturated heterocycles. The predicted molar refractivity (Wildman–Crippen MR) is 278 cm³/mol. The Kier molecular flexibility index (Phi) is 23.6. The molecule has 0 radical (unpaired) electrons. The lowest BCUT2D eigenvalue weighted by atomic mass is 9.96. The molecule has 76 heavy (non-hydrogen) atoms. The molecule has 9 atom stereocenters. The summed E-state index contributed by atoms with van der Waals surface area (Å²) in [7, 11) is 1.38. The average Bonchev–Trinajstić information content (AvgIpc) is 4.10. The molecule has 1 aromatic heterocycles. The zero-order valence-electron chi connectivity index (χ0n) is 43.4. The van der Waals surface area contributed by atoms with Crippen LogP contribution in [0.3, 0.4) is 0 Å². The number of phenolic OH excluding ortho intramolecular Hbond substituents is 1. The number of carboxylic acids is 2. The van der Waals surface area contributed by atoms with Gasteiger partial charge in [0, 0.05) is 44.2 Å². The van der Waals surface area contributed by atoms with Crippen LogP contribution in [-0.4, -0.2) is 158 Å². The second-order valence-electron chi connectivity index (χ2n) is 19.1. The molecule has 4 rings (SSSR count). The molecule has 1 fully saturated rings. The van der Waals surface area contributed by atoms with Crippen molar-refractivity contribution in [2.24, 2.45) is 28.3 Å². The third-order valence-electron chi connectivity index (χ3n) is 13.0. The van der Waals surface area contributed by atoms with Gasteiger partial charge in [-0.2, -0.15) is 0 Å². The average molecular weight is 1060 g/mol. The zero-order valence-corrected chi connectivity index (χ0v) is 43.4. The van der Waals surface area contributed by atoms with Crippen molar-refractivity contribution < 1.29 is 58.5 Å². The first-order valence-corrected chi connectivity index (χ1v) is 25.2. The number of carbonyl (C=O) groups excluding carboxylic acids is 7. The molecule has 7 amide bonds. The number of nitrogens with zero attached hydrogens (tertiary/aromatic N) is 3. The lowest BCUT2D eigenvalue weighted by molar-refractivity contribution is -0.145. The Balaban J connectivity index is 1.60. The number of aromatic nitrogens is 2. The second-order valence-corrected chi connectivity index (χ2v) is 19.1. The third-order valence-corrected chi connectivity index (χ3v) is 13.0. The Labute approximate surface area is 440 Å². The van der Waals surface area contributed by atoms with Gasteiger partial charge >= 0.3 is 11.9 Å². The van der Waals surface area contributed by atoms with Crippen molar-refractivity contribution >= 4 is 59.2 Å². The fraction of sp³-hybridized carbons (Fsp3) is 0.510. The van der Waals surface area contributed by atoms with Gasteiger partial charge in [-0.05, 0) is 67.8 Å². The Bertz CT molecular complexity index is 2470. The van der Waals surface area contributed by atoms with Crippen LogP contribution in [0.25, 0.3) is 0 Å². The molecule has 0 spiro atoms. The quantitative estimate of drug-likeness (QED) is 0.0215. The molecule has 2 aromatic carbocycles. The third kappa shape index (κ3) is 18.7. The summed E-state index contributed by atoms with van der Waals surface area (Å²) in [5.41, 5.74) is 12.5. The lowest BCUT2D eigenvalue weighted by Crippen LogP contribution is -2.62. The fourth-order valence-corrected chi connectivity index (χ4v) is 8.53. The van der Waals surface area contributed by atoms with Crippen LogP contribution < -0.4 is 48.7 Å². The smallest absolute Gasteiger partial charge is 0.326 e. The standard InChI is InChI=1S/C51H73N13O12/c1-6-29(4)42(48(73)60-37(24-32-26-55-27-57-32)49(74)64-21-11-15-39(64)46(71)61-38(50(75)76)23-30-12-8-7-9-13-30)63-45(70)36(22-31-16-18-33(65)19-17-31)59-47(72)41(28(2)3)62-43(68)34(14-10-20-56-51(52)53)58-44(69)35(54-5)25-40(66)67/h7-9,12-13,16-19,26-29,34-39,41-42,54,65H,6,10-11,14-15,20-25H2,1-5H3,(H,55,57)(H,58,69)(H,59,72)(H,60,73)(H,61,71)(H,62,68)(H,63,70)(H,66,67)(H,75,76)(H4,52,53,56)/t29-,34-,35-,36-,37-,38-,39-,41-,42-/m0/s1. The first kappa shape index (κ1) is 60.5. The summed E-state index contributed by atoms with van der Waals surface area (Å²) in [6, 6.07) is 4.37. The van der Waals surface area contributed by atoms with Gasteiger partial charge in [0.25, 0.3) is 0 Å².